The van der Waals surface area contributed by atoms with Gasteiger partial charge in [-0.1, -0.05) is 12.1 Å². The van der Waals surface area contributed by atoms with Crippen LogP contribution in [-0.2, 0) is 19.6 Å². The molecule has 1 aliphatic rings. The quantitative estimate of drug-likeness (QED) is 0.888. The second kappa shape index (κ2) is 6.00. The minimum atomic E-state index is -4.08. The maximum Gasteiger partial charge on any atom is 0.238 e. The Balaban J connectivity index is 2.24. The Kier molecular flexibility index (Phi) is 4.20. The molecule has 0 atom stereocenters. The van der Waals surface area contributed by atoms with Crippen LogP contribution in [0, 0.1) is 11.6 Å². The van der Waals surface area contributed by atoms with Gasteiger partial charge in [0.2, 0.25) is 15.8 Å². The number of sulfonamides is 1. The molecule has 2 aromatic rings. The van der Waals surface area contributed by atoms with E-state index in [0.29, 0.717) is 0 Å². The summed E-state index contributed by atoms with van der Waals surface area (Å²) in [6.07, 6.45) is 0. The first kappa shape index (κ1) is 18.2. The van der Waals surface area contributed by atoms with Crippen molar-refractivity contribution >= 4 is 27.1 Å². The number of ketones is 1. The maximum atomic E-state index is 14.6. The standard InChI is InChI=1S/C18H15F2NO4S/c1-18(2)17(22)15(10-4-3-5-11(19)8-10)16(25-18)13-7-6-12(9-14(13)20)26(21,23)24/h3-9H,1-2H3,(H2,21,23,24). The van der Waals surface area contributed by atoms with Gasteiger partial charge in [-0.05, 0) is 49.7 Å². The van der Waals surface area contributed by atoms with Crippen molar-refractivity contribution in [3.63, 3.8) is 0 Å². The summed E-state index contributed by atoms with van der Waals surface area (Å²) in [6.45, 7) is 3.02. The largest absolute Gasteiger partial charge is 0.478 e. The van der Waals surface area contributed by atoms with Gasteiger partial charge in [-0.2, -0.15) is 0 Å². The molecule has 2 aromatic carbocycles. The molecular formula is C18H15F2NO4S. The molecule has 136 valence electrons. The summed E-state index contributed by atoms with van der Waals surface area (Å²) < 4.78 is 56.5. The van der Waals surface area contributed by atoms with Gasteiger partial charge in [0.05, 0.1) is 16.0 Å². The van der Waals surface area contributed by atoms with E-state index < -0.39 is 37.9 Å². The lowest BCUT2D eigenvalue weighted by Gasteiger charge is -2.18. The average molecular weight is 379 g/mol. The highest BCUT2D eigenvalue weighted by Gasteiger charge is 2.43. The summed E-state index contributed by atoms with van der Waals surface area (Å²) in [5, 5.41) is 5.00. The summed E-state index contributed by atoms with van der Waals surface area (Å²) in [7, 11) is -4.08. The molecule has 0 saturated carbocycles. The van der Waals surface area contributed by atoms with Crippen molar-refractivity contribution in [3.8, 4) is 0 Å². The molecule has 0 bridgehead atoms. The molecule has 2 N–H and O–H groups in total. The monoisotopic (exact) mass is 379 g/mol. The Morgan fingerprint density at radius 3 is 2.35 bits per heavy atom. The fourth-order valence-corrected chi connectivity index (χ4v) is 3.23. The number of carbonyl (C=O) groups is 1. The summed E-state index contributed by atoms with van der Waals surface area (Å²) in [5.74, 6) is -2.00. The van der Waals surface area contributed by atoms with Gasteiger partial charge in [0.1, 0.15) is 17.4 Å². The zero-order valence-electron chi connectivity index (χ0n) is 13.9. The van der Waals surface area contributed by atoms with Crippen LogP contribution in [0.4, 0.5) is 8.78 Å². The molecule has 1 heterocycles. The molecule has 0 amide bonds. The van der Waals surface area contributed by atoms with Crippen LogP contribution >= 0.6 is 0 Å². The number of nitrogens with two attached hydrogens (primary N) is 1. The summed E-state index contributed by atoms with van der Waals surface area (Å²) >= 11 is 0. The van der Waals surface area contributed by atoms with Crippen LogP contribution in [0.5, 0.6) is 0 Å². The Labute approximate surface area is 149 Å². The number of ether oxygens (including phenoxy) is 1. The average Bonchev–Trinajstić information content (AvgIpc) is 2.76. The molecule has 0 unspecified atom stereocenters. The molecule has 0 spiro atoms. The number of hydrogen-bond acceptors (Lipinski definition) is 4. The topological polar surface area (TPSA) is 86.5 Å². The van der Waals surface area contributed by atoms with Crippen LogP contribution in [0.1, 0.15) is 25.0 Å². The molecule has 0 aliphatic carbocycles. The van der Waals surface area contributed by atoms with E-state index in [1.165, 1.54) is 38.1 Å². The first-order valence-electron chi connectivity index (χ1n) is 7.57. The van der Waals surface area contributed by atoms with Crippen LogP contribution < -0.4 is 5.14 Å². The molecule has 0 radical (unpaired) electrons. The Morgan fingerprint density at radius 2 is 1.77 bits per heavy atom. The van der Waals surface area contributed by atoms with Crippen molar-refractivity contribution < 1.29 is 26.7 Å². The fraction of sp³-hybridized carbons (Fsp3) is 0.167. The summed E-state index contributed by atoms with van der Waals surface area (Å²) in [5.41, 5.74) is -1.12. The normalized spacial score (nSPS) is 16.7. The van der Waals surface area contributed by atoms with E-state index in [9.17, 15) is 22.0 Å². The second-order valence-electron chi connectivity index (χ2n) is 6.34. The zero-order chi connectivity index (χ0) is 19.3. The highest BCUT2D eigenvalue weighted by atomic mass is 32.2. The minimum Gasteiger partial charge on any atom is -0.478 e. The van der Waals surface area contributed by atoms with Crippen molar-refractivity contribution in [1.82, 2.24) is 0 Å². The van der Waals surface area contributed by atoms with E-state index in [1.807, 2.05) is 0 Å². The lowest BCUT2D eigenvalue weighted by Crippen LogP contribution is -2.29. The van der Waals surface area contributed by atoms with Gasteiger partial charge in [0.15, 0.2) is 5.60 Å². The van der Waals surface area contributed by atoms with Gasteiger partial charge < -0.3 is 4.74 Å². The third kappa shape index (κ3) is 3.13. The third-order valence-electron chi connectivity index (χ3n) is 3.99. The van der Waals surface area contributed by atoms with Crippen LogP contribution in [0.3, 0.4) is 0 Å². The van der Waals surface area contributed by atoms with E-state index >= 15 is 0 Å². The molecule has 5 nitrogen and oxygen atoms in total. The first-order chi connectivity index (χ1) is 12.0. The van der Waals surface area contributed by atoms with Crippen molar-refractivity contribution in [2.45, 2.75) is 24.3 Å². The molecule has 1 aliphatic heterocycles. The van der Waals surface area contributed by atoms with Gasteiger partial charge in [0.25, 0.3) is 0 Å². The highest BCUT2D eigenvalue weighted by Crippen LogP contribution is 2.42. The molecule has 3 rings (SSSR count). The van der Waals surface area contributed by atoms with Crippen molar-refractivity contribution in [2.75, 3.05) is 0 Å². The molecule has 26 heavy (non-hydrogen) atoms. The number of benzene rings is 2. The Bertz CT molecular complexity index is 1060. The van der Waals surface area contributed by atoms with Gasteiger partial charge in [-0.25, -0.2) is 22.3 Å². The van der Waals surface area contributed by atoms with Gasteiger partial charge >= 0.3 is 0 Å². The molecule has 0 fully saturated rings. The lowest BCUT2D eigenvalue weighted by molar-refractivity contribution is -0.125. The molecule has 8 heteroatoms. The highest BCUT2D eigenvalue weighted by molar-refractivity contribution is 7.89. The fourth-order valence-electron chi connectivity index (χ4n) is 2.71. The van der Waals surface area contributed by atoms with E-state index in [0.717, 1.165) is 18.2 Å². The Morgan fingerprint density at radius 1 is 1.08 bits per heavy atom. The summed E-state index contributed by atoms with van der Waals surface area (Å²) in [4.78, 5) is 12.3. The number of hydrogen-bond donors (Lipinski definition) is 1. The SMILES string of the molecule is CC1(C)OC(c2ccc(S(N)(=O)=O)cc2F)=C(c2cccc(F)c2)C1=O. The van der Waals surface area contributed by atoms with Crippen LogP contribution in [0.2, 0.25) is 0 Å². The second-order valence-corrected chi connectivity index (χ2v) is 7.90. The number of carbonyl (C=O) groups excluding carboxylic acids is 1. The van der Waals surface area contributed by atoms with Gasteiger partial charge in [-0.3, -0.25) is 4.79 Å². The van der Waals surface area contributed by atoms with E-state index in [1.54, 1.807) is 0 Å². The van der Waals surface area contributed by atoms with E-state index in [2.05, 4.69) is 0 Å². The number of Topliss-reactive ketones (excluding diaryl/α,β-unsaturated/α-hetero) is 1. The van der Waals surface area contributed by atoms with Crippen LogP contribution in [0.15, 0.2) is 47.4 Å². The van der Waals surface area contributed by atoms with Crippen molar-refractivity contribution in [1.29, 1.82) is 0 Å². The third-order valence-corrected chi connectivity index (χ3v) is 4.90. The number of rotatable bonds is 3. The minimum absolute atomic E-state index is 0.0248. The van der Waals surface area contributed by atoms with Crippen molar-refractivity contribution in [3.05, 3.63) is 65.2 Å². The predicted molar refractivity (Wildman–Crippen MR) is 91.2 cm³/mol. The van der Waals surface area contributed by atoms with Crippen molar-refractivity contribution in [2.24, 2.45) is 5.14 Å². The molecule has 0 aromatic heterocycles. The molecular weight excluding hydrogens is 364 g/mol. The predicted octanol–water partition coefficient (Wildman–Crippen LogP) is 2.86. The van der Waals surface area contributed by atoms with Crippen LogP contribution in [0.25, 0.3) is 11.3 Å². The first-order valence-corrected chi connectivity index (χ1v) is 9.12. The van der Waals surface area contributed by atoms with Gasteiger partial charge in [-0.15, -0.1) is 0 Å². The molecule has 0 saturated heterocycles. The van der Waals surface area contributed by atoms with Gasteiger partial charge in [0, 0.05) is 0 Å². The summed E-state index contributed by atoms with van der Waals surface area (Å²) in [6, 6.07) is 8.33. The van der Waals surface area contributed by atoms with E-state index in [4.69, 9.17) is 9.88 Å². The number of primary sulfonamides is 1. The smallest absolute Gasteiger partial charge is 0.238 e. The Hall–Kier alpha value is -2.58. The maximum absolute atomic E-state index is 14.6. The van der Waals surface area contributed by atoms with Crippen LogP contribution in [-0.4, -0.2) is 19.8 Å². The van der Waals surface area contributed by atoms with E-state index in [-0.39, 0.29) is 22.5 Å². The number of halogens is 2. The zero-order valence-corrected chi connectivity index (χ0v) is 14.7. The lowest BCUT2D eigenvalue weighted by atomic mass is 9.92.